The van der Waals surface area contributed by atoms with Gasteiger partial charge in [0.05, 0.1) is 10.6 Å². The van der Waals surface area contributed by atoms with Crippen molar-refractivity contribution in [2.24, 2.45) is 0 Å². The molecule has 1 aliphatic rings. The van der Waals surface area contributed by atoms with Gasteiger partial charge in [-0.25, -0.2) is 8.42 Å². The Kier molecular flexibility index (Phi) is 7.23. The Morgan fingerprint density at radius 2 is 1.69 bits per heavy atom. The Labute approximate surface area is 157 Å². The summed E-state index contributed by atoms with van der Waals surface area (Å²) in [5.41, 5.74) is 0.387. The standard InChI is InChI=1S/C15H23NO3S.C6H6/c1-3-5-8-15(4-2)11-20(18,19)14-9-13(17)7-6-12(14)10-16-15;1-2-4-6-5-3-1/h6-7,9,16-17H,3-5,8,10-11H2,1-2H3;1-6H/t15-;/m1./s1. The maximum atomic E-state index is 12.6. The highest BCUT2D eigenvalue weighted by molar-refractivity contribution is 7.91. The largest absolute Gasteiger partial charge is 0.508 e. The second-order valence-electron chi connectivity index (χ2n) is 6.80. The third kappa shape index (κ3) is 5.32. The average Bonchev–Trinajstić information content (AvgIpc) is 2.77. The van der Waals surface area contributed by atoms with E-state index in [2.05, 4.69) is 12.2 Å². The number of aromatic hydroxyl groups is 1. The molecule has 4 nitrogen and oxygen atoms in total. The summed E-state index contributed by atoms with van der Waals surface area (Å²) in [6.07, 6.45) is 3.71. The number of sulfone groups is 1. The molecule has 0 saturated carbocycles. The molecule has 0 aromatic heterocycles. The van der Waals surface area contributed by atoms with Gasteiger partial charge >= 0.3 is 0 Å². The van der Waals surface area contributed by atoms with E-state index in [0.29, 0.717) is 6.54 Å². The molecule has 1 heterocycles. The first-order valence-electron chi connectivity index (χ1n) is 9.22. The van der Waals surface area contributed by atoms with E-state index in [9.17, 15) is 13.5 Å². The maximum absolute atomic E-state index is 12.6. The van der Waals surface area contributed by atoms with Gasteiger partial charge in [0.2, 0.25) is 0 Å². The third-order valence-electron chi connectivity index (χ3n) is 4.86. The van der Waals surface area contributed by atoms with Crippen molar-refractivity contribution in [2.45, 2.75) is 56.5 Å². The molecule has 2 aromatic carbocycles. The van der Waals surface area contributed by atoms with Crippen LogP contribution >= 0.6 is 0 Å². The number of hydrogen-bond donors (Lipinski definition) is 2. The predicted octanol–water partition coefficient (Wildman–Crippen LogP) is 4.29. The van der Waals surface area contributed by atoms with Gasteiger partial charge in [-0.15, -0.1) is 0 Å². The highest BCUT2D eigenvalue weighted by atomic mass is 32.2. The van der Waals surface area contributed by atoms with E-state index in [1.54, 1.807) is 12.1 Å². The lowest BCUT2D eigenvalue weighted by Gasteiger charge is -2.32. The molecule has 26 heavy (non-hydrogen) atoms. The van der Waals surface area contributed by atoms with Gasteiger partial charge in [0.15, 0.2) is 9.84 Å². The molecule has 0 saturated heterocycles. The van der Waals surface area contributed by atoms with Crippen molar-refractivity contribution < 1.29 is 13.5 Å². The summed E-state index contributed by atoms with van der Waals surface area (Å²) in [6.45, 7) is 4.68. The molecular weight excluding hydrogens is 346 g/mol. The molecule has 0 bridgehead atoms. The summed E-state index contributed by atoms with van der Waals surface area (Å²) in [4.78, 5) is 0.275. The van der Waals surface area contributed by atoms with Crippen molar-refractivity contribution in [3.8, 4) is 5.75 Å². The fraction of sp³-hybridized carbons (Fsp3) is 0.429. The number of unbranched alkanes of at least 4 members (excludes halogenated alkanes) is 1. The topological polar surface area (TPSA) is 66.4 Å². The summed E-state index contributed by atoms with van der Waals surface area (Å²) in [5, 5.41) is 13.0. The first-order chi connectivity index (χ1) is 12.4. The van der Waals surface area contributed by atoms with Gasteiger partial charge in [0, 0.05) is 12.1 Å². The molecule has 0 aliphatic carbocycles. The number of fused-ring (bicyclic) bond motifs is 1. The number of phenols is 1. The second-order valence-corrected chi connectivity index (χ2v) is 8.75. The van der Waals surface area contributed by atoms with E-state index in [-0.39, 0.29) is 21.9 Å². The molecule has 0 amide bonds. The molecular formula is C21H29NO3S. The van der Waals surface area contributed by atoms with Crippen LogP contribution in [0.15, 0.2) is 59.5 Å². The Morgan fingerprint density at radius 3 is 2.23 bits per heavy atom. The summed E-state index contributed by atoms with van der Waals surface area (Å²) in [6, 6.07) is 16.6. The molecule has 3 rings (SSSR count). The van der Waals surface area contributed by atoms with Crippen LogP contribution in [0, 0.1) is 0 Å². The molecule has 0 spiro atoms. The lowest BCUT2D eigenvalue weighted by molar-refractivity contribution is 0.313. The van der Waals surface area contributed by atoms with Gasteiger partial charge < -0.3 is 10.4 Å². The van der Waals surface area contributed by atoms with Crippen LogP contribution in [0.2, 0.25) is 0 Å². The lowest BCUT2D eigenvalue weighted by Crippen LogP contribution is -2.48. The zero-order valence-corrected chi connectivity index (χ0v) is 16.4. The number of hydrogen-bond acceptors (Lipinski definition) is 4. The minimum absolute atomic E-state index is 0.00452. The second kappa shape index (κ2) is 9.19. The molecule has 1 aliphatic heterocycles. The molecule has 5 heteroatoms. The minimum Gasteiger partial charge on any atom is -0.508 e. The van der Waals surface area contributed by atoms with Crippen molar-refractivity contribution in [2.75, 3.05) is 5.75 Å². The Hall–Kier alpha value is -1.85. The van der Waals surface area contributed by atoms with Crippen LogP contribution in [0.1, 0.15) is 45.1 Å². The molecule has 1 atom stereocenters. The van der Waals surface area contributed by atoms with E-state index < -0.39 is 9.84 Å². The number of phenolic OH excluding ortho intramolecular Hbond substituents is 1. The van der Waals surface area contributed by atoms with Gasteiger partial charge in [-0.2, -0.15) is 0 Å². The summed E-state index contributed by atoms with van der Waals surface area (Å²) < 4.78 is 25.3. The van der Waals surface area contributed by atoms with Crippen molar-refractivity contribution in [3.05, 3.63) is 60.2 Å². The van der Waals surface area contributed by atoms with Crippen molar-refractivity contribution in [1.82, 2.24) is 5.32 Å². The van der Waals surface area contributed by atoms with Gasteiger partial charge in [0.1, 0.15) is 5.75 Å². The fourth-order valence-corrected chi connectivity index (χ4v) is 5.39. The van der Waals surface area contributed by atoms with Crippen LogP contribution in [0.3, 0.4) is 0 Å². The van der Waals surface area contributed by atoms with Gasteiger partial charge in [-0.3, -0.25) is 0 Å². The number of benzene rings is 2. The SMILES string of the molecule is CCCC[C@]1(CC)CS(=O)(=O)c2cc(O)ccc2CN1.c1ccccc1. The van der Waals surface area contributed by atoms with E-state index in [1.165, 1.54) is 6.07 Å². The van der Waals surface area contributed by atoms with E-state index in [0.717, 1.165) is 31.2 Å². The third-order valence-corrected chi connectivity index (χ3v) is 6.84. The normalized spacial score (nSPS) is 21.0. The highest BCUT2D eigenvalue weighted by Crippen LogP contribution is 2.31. The highest BCUT2D eigenvalue weighted by Gasteiger charge is 2.37. The molecule has 2 aromatic rings. The van der Waals surface area contributed by atoms with Gasteiger partial charge in [-0.1, -0.05) is 69.2 Å². The van der Waals surface area contributed by atoms with Crippen LogP contribution in [0.5, 0.6) is 5.75 Å². The van der Waals surface area contributed by atoms with Crippen LogP contribution in [-0.2, 0) is 16.4 Å². The smallest absolute Gasteiger partial charge is 0.180 e. The number of nitrogens with one attached hydrogen (secondary N) is 1. The maximum Gasteiger partial charge on any atom is 0.180 e. The van der Waals surface area contributed by atoms with E-state index in [1.807, 2.05) is 43.3 Å². The first-order valence-corrected chi connectivity index (χ1v) is 10.9. The summed E-state index contributed by atoms with van der Waals surface area (Å²) in [7, 11) is -3.37. The zero-order chi connectivity index (χ0) is 19.0. The monoisotopic (exact) mass is 375 g/mol. The number of rotatable bonds is 4. The summed E-state index contributed by atoms with van der Waals surface area (Å²) in [5.74, 6) is 0.109. The van der Waals surface area contributed by atoms with Crippen LogP contribution in [0.25, 0.3) is 0 Å². The Bertz CT molecular complexity index is 763. The van der Waals surface area contributed by atoms with Gasteiger partial charge in [0.25, 0.3) is 0 Å². The van der Waals surface area contributed by atoms with Crippen molar-refractivity contribution in [3.63, 3.8) is 0 Å². The van der Waals surface area contributed by atoms with Crippen LogP contribution in [-0.4, -0.2) is 24.8 Å². The van der Waals surface area contributed by atoms with Crippen LogP contribution < -0.4 is 5.32 Å². The Morgan fingerprint density at radius 1 is 1.08 bits per heavy atom. The predicted molar refractivity (Wildman–Crippen MR) is 106 cm³/mol. The van der Waals surface area contributed by atoms with Gasteiger partial charge in [-0.05, 0) is 30.5 Å². The van der Waals surface area contributed by atoms with E-state index >= 15 is 0 Å². The summed E-state index contributed by atoms with van der Waals surface area (Å²) >= 11 is 0. The van der Waals surface area contributed by atoms with Crippen molar-refractivity contribution >= 4 is 9.84 Å². The molecule has 142 valence electrons. The lowest BCUT2D eigenvalue weighted by atomic mass is 9.91. The first kappa shape index (κ1) is 20.5. The molecule has 0 fully saturated rings. The van der Waals surface area contributed by atoms with E-state index in [4.69, 9.17) is 0 Å². The average molecular weight is 376 g/mol. The Balaban J connectivity index is 0.000000342. The molecule has 0 radical (unpaired) electrons. The quantitative estimate of drug-likeness (QED) is 0.836. The minimum atomic E-state index is -3.37. The fourth-order valence-electron chi connectivity index (χ4n) is 3.22. The molecule has 0 unspecified atom stereocenters. The molecule has 2 N–H and O–H groups in total. The van der Waals surface area contributed by atoms with Crippen LogP contribution in [0.4, 0.5) is 0 Å². The zero-order valence-electron chi connectivity index (χ0n) is 15.6. The van der Waals surface area contributed by atoms with Crippen molar-refractivity contribution in [1.29, 1.82) is 0 Å².